The molecule has 21 heavy (non-hydrogen) atoms. The Kier molecular flexibility index (Phi) is 5.54. The number of benzene rings is 1. The van der Waals surface area contributed by atoms with Gasteiger partial charge >= 0.3 is 12.0 Å². The molecule has 0 heterocycles. The summed E-state index contributed by atoms with van der Waals surface area (Å²) in [6, 6.07) is 2.01. The fourth-order valence-corrected chi connectivity index (χ4v) is 1.99. The average molecular weight is 317 g/mol. The lowest BCUT2D eigenvalue weighted by atomic mass is 9.99. The molecule has 1 aromatic carbocycles. The zero-order chi connectivity index (χ0) is 16.2. The van der Waals surface area contributed by atoms with Crippen molar-refractivity contribution in [2.24, 2.45) is 0 Å². The standard InChI is InChI=1S/C14H18ClFN2O3/c1-8-10(16)5-4-9(15)12(8)17-13(21)18-14(2,3)7-6-11(19)20/h4-5H,6-7H2,1-3H3,(H,19,20)(H2,17,18,21). The summed E-state index contributed by atoms with van der Waals surface area (Å²) in [7, 11) is 0. The van der Waals surface area contributed by atoms with E-state index < -0.39 is 23.4 Å². The average Bonchev–Trinajstić information content (AvgIpc) is 2.36. The Bertz CT molecular complexity index is 561. The highest BCUT2D eigenvalue weighted by atomic mass is 35.5. The van der Waals surface area contributed by atoms with Crippen LogP contribution in [0.3, 0.4) is 0 Å². The molecule has 7 heteroatoms. The number of hydrogen-bond acceptors (Lipinski definition) is 2. The molecular weight excluding hydrogens is 299 g/mol. The predicted molar refractivity (Wildman–Crippen MR) is 79.3 cm³/mol. The topological polar surface area (TPSA) is 78.4 Å². The first kappa shape index (κ1) is 17.2. The normalized spacial score (nSPS) is 11.1. The highest BCUT2D eigenvalue weighted by Crippen LogP contribution is 2.27. The van der Waals surface area contributed by atoms with Crippen molar-refractivity contribution in [1.29, 1.82) is 0 Å². The number of hydrogen-bond donors (Lipinski definition) is 3. The number of aliphatic carboxylic acids is 1. The molecule has 116 valence electrons. The quantitative estimate of drug-likeness (QED) is 0.777. The number of rotatable bonds is 5. The molecule has 0 fully saturated rings. The molecule has 1 rings (SSSR count). The number of carboxylic acid groups (broad SMARTS) is 1. The van der Waals surface area contributed by atoms with Crippen molar-refractivity contribution < 1.29 is 19.1 Å². The highest BCUT2D eigenvalue weighted by molar-refractivity contribution is 6.33. The van der Waals surface area contributed by atoms with Crippen LogP contribution in [-0.4, -0.2) is 22.6 Å². The number of urea groups is 1. The van der Waals surface area contributed by atoms with Gasteiger partial charge in [0.15, 0.2) is 0 Å². The van der Waals surface area contributed by atoms with Gasteiger partial charge in [0, 0.05) is 17.5 Å². The lowest BCUT2D eigenvalue weighted by Gasteiger charge is -2.26. The summed E-state index contributed by atoms with van der Waals surface area (Å²) in [5, 5.41) is 14.0. The molecule has 0 radical (unpaired) electrons. The van der Waals surface area contributed by atoms with Gasteiger partial charge in [-0.05, 0) is 39.3 Å². The zero-order valence-electron chi connectivity index (χ0n) is 12.1. The van der Waals surface area contributed by atoms with Crippen LogP contribution in [-0.2, 0) is 4.79 Å². The van der Waals surface area contributed by atoms with Crippen molar-refractivity contribution in [3.63, 3.8) is 0 Å². The molecule has 5 nitrogen and oxygen atoms in total. The molecule has 0 saturated heterocycles. The first-order valence-electron chi connectivity index (χ1n) is 6.38. The molecule has 0 spiro atoms. The van der Waals surface area contributed by atoms with Crippen molar-refractivity contribution >= 4 is 29.3 Å². The monoisotopic (exact) mass is 316 g/mol. The second-order valence-corrected chi connectivity index (χ2v) is 5.79. The summed E-state index contributed by atoms with van der Waals surface area (Å²) in [5.74, 6) is -1.41. The van der Waals surface area contributed by atoms with Gasteiger partial charge in [-0.3, -0.25) is 4.79 Å². The number of halogens is 2. The summed E-state index contributed by atoms with van der Waals surface area (Å²) in [6.07, 6.45) is 0.207. The van der Waals surface area contributed by atoms with Gasteiger partial charge in [-0.2, -0.15) is 0 Å². The van der Waals surface area contributed by atoms with Crippen LogP contribution in [0.4, 0.5) is 14.9 Å². The predicted octanol–water partition coefficient (Wildman–Crippen LogP) is 3.55. The maximum absolute atomic E-state index is 13.5. The van der Waals surface area contributed by atoms with Crippen LogP contribution in [0.5, 0.6) is 0 Å². The molecule has 0 aromatic heterocycles. The number of nitrogens with one attached hydrogen (secondary N) is 2. The van der Waals surface area contributed by atoms with E-state index in [4.69, 9.17) is 16.7 Å². The minimum absolute atomic E-state index is 0.0625. The number of anilines is 1. The maximum atomic E-state index is 13.5. The Hall–Kier alpha value is -1.82. The van der Waals surface area contributed by atoms with Crippen LogP contribution in [0.25, 0.3) is 0 Å². The second-order valence-electron chi connectivity index (χ2n) is 5.39. The van der Waals surface area contributed by atoms with Crippen LogP contribution in [0.15, 0.2) is 12.1 Å². The zero-order valence-corrected chi connectivity index (χ0v) is 12.8. The molecule has 0 saturated carbocycles. The van der Waals surface area contributed by atoms with Crippen LogP contribution in [0.2, 0.25) is 5.02 Å². The first-order chi connectivity index (χ1) is 9.62. The maximum Gasteiger partial charge on any atom is 0.319 e. The van der Waals surface area contributed by atoms with E-state index in [0.29, 0.717) is 0 Å². The van der Waals surface area contributed by atoms with Crippen LogP contribution >= 0.6 is 11.6 Å². The van der Waals surface area contributed by atoms with Crippen LogP contribution < -0.4 is 10.6 Å². The Morgan fingerprint density at radius 3 is 2.57 bits per heavy atom. The molecule has 3 N–H and O–H groups in total. The SMILES string of the molecule is Cc1c(F)ccc(Cl)c1NC(=O)NC(C)(C)CCC(=O)O. The van der Waals surface area contributed by atoms with Gasteiger partial charge in [-0.15, -0.1) is 0 Å². The number of carbonyl (C=O) groups is 2. The fourth-order valence-electron chi connectivity index (χ4n) is 1.74. The Labute approximate surface area is 127 Å². The van der Waals surface area contributed by atoms with E-state index in [1.165, 1.54) is 19.1 Å². The fraction of sp³-hybridized carbons (Fsp3) is 0.429. The summed E-state index contributed by atoms with van der Waals surface area (Å²) in [5.41, 5.74) is -0.278. The lowest BCUT2D eigenvalue weighted by molar-refractivity contribution is -0.137. The Morgan fingerprint density at radius 1 is 1.38 bits per heavy atom. The molecular formula is C14H18ClFN2O3. The summed E-state index contributed by atoms with van der Waals surface area (Å²) in [6.45, 7) is 4.91. The third kappa shape index (κ3) is 5.23. The van der Waals surface area contributed by atoms with Crippen LogP contribution in [0, 0.1) is 12.7 Å². The van der Waals surface area contributed by atoms with E-state index in [1.54, 1.807) is 13.8 Å². The van der Waals surface area contributed by atoms with Gasteiger partial charge in [-0.1, -0.05) is 11.6 Å². The Balaban J connectivity index is 2.74. The highest BCUT2D eigenvalue weighted by Gasteiger charge is 2.22. The van der Waals surface area contributed by atoms with E-state index in [1.807, 2.05) is 0 Å². The number of amides is 2. The molecule has 0 atom stereocenters. The third-order valence-electron chi connectivity index (χ3n) is 3.00. The number of carboxylic acids is 1. The van der Waals surface area contributed by atoms with Gasteiger partial charge in [0.2, 0.25) is 0 Å². The summed E-state index contributed by atoms with van der Waals surface area (Å²) >= 11 is 5.93. The van der Waals surface area contributed by atoms with E-state index in [2.05, 4.69) is 10.6 Å². The van der Waals surface area contributed by atoms with Gasteiger partial charge in [0.25, 0.3) is 0 Å². The van der Waals surface area contributed by atoms with Gasteiger partial charge in [-0.25, -0.2) is 9.18 Å². The third-order valence-corrected chi connectivity index (χ3v) is 3.32. The van der Waals surface area contributed by atoms with Crippen molar-refractivity contribution in [3.8, 4) is 0 Å². The van der Waals surface area contributed by atoms with Gasteiger partial charge in [0.05, 0.1) is 10.7 Å². The van der Waals surface area contributed by atoms with Crippen molar-refractivity contribution in [1.82, 2.24) is 5.32 Å². The van der Waals surface area contributed by atoms with Gasteiger partial charge < -0.3 is 15.7 Å². The first-order valence-corrected chi connectivity index (χ1v) is 6.76. The molecule has 0 aliphatic heterocycles. The smallest absolute Gasteiger partial charge is 0.319 e. The molecule has 0 aliphatic carbocycles. The van der Waals surface area contributed by atoms with Crippen molar-refractivity contribution in [3.05, 3.63) is 28.5 Å². The molecule has 0 aliphatic rings. The van der Waals surface area contributed by atoms with Crippen molar-refractivity contribution in [2.75, 3.05) is 5.32 Å². The van der Waals surface area contributed by atoms with E-state index >= 15 is 0 Å². The largest absolute Gasteiger partial charge is 0.481 e. The Morgan fingerprint density at radius 2 is 2.00 bits per heavy atom. The summed E-state index contributed by atoms with van der Waals surface area (Å²) in [4.78, 5) is 22.5. The molecule has 0 unspecified atom stereocenters. The number of carbonyl (C=O) groups excluding carboxylic acids is 1. The second kappa shape index (κ2) is 6.76. The summed E-state index contributed by atoms with van der Waals surface area (Å²) < 4.78 is 13.5. The van der Waals surface area contributed by atoms with E-state index in [9.17, 15) is 14.0 Å². The molecule has 1 aromatic rings. The lowest BCUT2D eigenvalue weighted by Crippen LogP contribution is -2.45. The molecule has 0 bridgehead atoms. The van der Waals surface area contributed by atoms with Gasteiger partial charge in [0.1, 0.15) is 5.82 Å². The minimum atomic E-state index is -0.936. The van der Waals surface area contributed by atoms with Crippen LogP contribution in [0.1, 0.15) is 32.3 Å². The van der Waals surface area contributed by atoms with E-state index in [-0.39, 0.29) is 29.1 Å². The minimum Gasteiger partial charge on any atom is -0.481 e. The molecule has 2 amide bonds. The van der Waals surface area contributed by atoms with E-state index in [0.717, 1.165) is 0 Å². The van der Waals surface area contributed by atoms with Crippen molar-refractivity contribution in [2.45, 2.75) is 39.2 Å².